The fraction of sp³-hybridized carbons (Fsp3) is 0.526. The number of hydrogen-bond donors (Lipinski definition) is 4. The lowest BCUT2D eigenvalue weighted by Gasteiger charge is -2.05. The highest BCUT2D eigenvalue weighted by molar-refractivity contribution is 5.93. The van der Waals surface area contributed by atoms with E-state index < -0.39 is 23.9 Å². The summed E-state index contributed by atoms with van der Waals surface area (Å²) in [6.07, 6.45) is 5.24. The van der Waals surface area contributed by atoms with Gasteiger partial charge in [0.1, 0.15) is 6.54 Å². The molecule has 0 radical (unpaired) electrons. The number of nitrogens with one attached hydrogen (secondary N) is 2. The number of carboxylic acids is 2. The predicted molar refractivity (Wildman–Crippen MR) is 108 cm³/mol. The number of aliphatic carboxylic acids is 2. The lowest BCUT2D eigenvalue weighted by atomic mass is 10.5. The minimum atomic E-state index is -1.26. The lowest BCUT2D eigenvalue weighted by Crippen LogP contribution is -2.69. The highest BCUT2D eigenvalue weighted by Gasteiger charge is 2.00. The Morgan fingerprint density at radius 2 is 1.21 bits per heavy atom. The molecular weight excluding hydrogens is 446 g/mol. The Labute approximate surface area is 189 Å². The van der Waals surface area contributed by atoms with E-state index in [1.165, 1.54) is 0 Å². The van der Waals surface area contributed by atoms with Gasteiger partial charge in [0.05, 0.1) is 39.6 Å². The molecule has 0 spiro atoms. The summed E-state index contributed by atoms with van der Waals surface area (Å²) >= 11 is 0. The Bertz CT molecular complexity index is 647. The van der Waals surface area contributed by atoms with Crippen LogP contribution in [-0.2, 0) is 43.0 Å². The van der Waals surface area contributed by atoms with E-state index >= 15 is 0 Å². The molecule has 0 saturated carbocycles. The zero-order chi connectivity index (χ0) is 24.6. The maximum atomic E-state index is 11.0. The van der Waals surface area contributed by atoms with Crippen molar-refractivity contribution >= 4 is 30.3 Å². The second-order valence-electron chi connectivity index (χ2n) is 5.81. The highest BCUT2D eigenvalue weighted by Crippen LogP contribution is 1.84. The molecule has 4 N–H and O–H groups in total. The quantitative estimate of drug-likeness (QED) is 0.0262. The number of carboxylic acid groups (broad SMARTS) is 2. The molecule has 0 aliphatic heterocycles. The van der Waals surface area contributed by atoms with Crippen LogP contribution in [0.3, 0.4) is 0 Å². The zero-order valence-corrected chi connectivity index (χ0v) is 18.0. The van der Waals surface area contributed by atoms with Gasteiger partial charge in [-0.2, -0.15) is 0 Å². The second kappa shape index (κ2) is 21.7. The molecule has 33 heavy (non-hydrogen) atoms. The number of esters is 1. The normalized spacial score (nSPS) is 11.6. The molecule has 14 nitrogen and oxygen atoms in total. The van der Waals surface area contributed by atoms with Crippen molar-refractivity contribution in [2.24, 2.45) is 5.28 Å². The van der Waals surface area contributed by atoms with Crippen LogP contribution >= 0.6 is 0 Å². The Hall–Kier alpha value is -3.49. The van der Waals surface area contributed by atoms with E-state index in [1.807, 2.05) is 0 Å². The molecular formula is C19H29N3O11+2. The van der Waals surface area contributed by atoms with Crippen molar-refractivity contribution in [1.29, 1.82) is 0 Å². The maximum absolute atomic E-state index is 11.0. The molecule has 0 unspecified atom stereocenters. The third kappa shape index (κ3) is 24.7. The Balaban J connectivity index is 3.36. The van der Waals surface area contributed by atoms with E-state index in [0.29, 0.717) is 77.7 Å². The number of ether oxygens (including phenoxy) is 4. The summed E-state index contributed by atoms with van der Waals surface area (Å²) in [6.45, 7) is 3.50. The van der Waals surface area contributed by atoms with Crippen LogP contribution in [0.1, 0.15) is 12.8 Å². The molecule has 0 amide bonds. The van der Waals surface area contributed by atoms with Crippen LogP contribution < -0.4 is 10.1 Å². The smallest absolute Gasteiger partial charge is 0.364 e. The molecule has 0 bridgehead atoms. The van der Waals surface area contributed by atoms with Gasteiger partial charge in [-0.1, -0.05) is 0 Å². The summed E-state index contributed by atoms with van der Waals surface area (Å²) in [6, 6.07) is 0. The average Bonchev–Trinajstić information content (AvgIpc) is 2.77. The van der Waals surface area contributed by atoms with Crippen molar-refractivity contribution in [2.45, 2.75) is 12.8 Å². The average molecular weight is 475 g/mol. The van der Waals surface area contributed by atoms with Crippen molar-refractivity contribution < 1.29 is 63.3 Å². The number of hydrogen-bond acceptors (Lipinski definition) is 10. The van der Waals surface area contributed by atoms with E-state index in [-0.39, 0.29) is 0 Å². The number of carbonyl (C=O) groups is 4. The molecule has 0 aliphatic rings. The molecule has 0 heterocycles. The van der Waals surface area contributed by atoms with Gasteiger partial charge in [-0.25, -0.2) is 24.2 Å². The molecule has 0 aromatic rings. The van der Waals surface area contributed by atoms with Crippen molar-refractivity contribution in [3.8, 4) is 0 Å². The topological polar surface area (TPSA) is 195 Å². The van der Waals surface area contributed by atoms with Crippen LogP contribution in [0.2, 0.25) is 0 Å². The van der Waals surface area contributed by atoms with E-state index in [1.54, 1.807) is 0 Å². The first-order chi connectivity index (χ1) is 15.9. The van der Waals surface area contributed by atoms with E-state index in [2.05, 4.69) is 25.0 Å². The van der Waals surface area contributed by atoms with Crippen molar-refractivity contribution in [3.63, 3.8) is 0 Å². The van der Waals surface area contributed by atoms with Crippen LogP contribution in [0, 0.1) is 0 Å². The van der Waals surface area contributed by atoms with Gasteiger partial charge < -0.3 is 29.2 Å². The first kappa shape index (κ1) is 29.5. The Morgan fingerprint density at radius 1 is 0.697 bits per heavy atom. The van der Waals surface area contributed by atoms with Gasteiger partial charge >= 0.3 is 30.3 Å². The third-order valence-electron chi connectivity index (χ3n) is 3.11. The third-order valence-corrected chi connectivity index (χ3v) is 3.11. The molecule has 0 aliphatic carbocycles. The standard InChI is InChI=1S/C19H27N3O11/c23-16(24)3-5-18(27)32-15-20-7-1-9-29-11-13-31-14-12-30-10-2-8-21-22-33-19(28)6-4-17(25)26/h3-6,15H,1-2,7-14H2,(H,23,24)(H,25,26)/p+2/b5-3-,6-4-,20-15?,22-21?. The number of rotatable bonds is 20. The number of nitrogens with zero attached hydrogens (tertiary/aromatic N) is 1. The lowest BCUT2D eigenvalue weighted by molar-refractivity contribution is -0.559. The molecule has 0 saturated heterocycles. The van der Waals surface area contributed by atoms with Crippen LogP contribution in [0.25, 0.3) is 0 Å². The Morgan fingerprint density at radius 3 is 1.79 bits per heavy atom. The molecule has 14 heteroatoms. The SMILES string of the molecule is O=C(O)/C=C\C(=O)OC=[NH+]CCCOCCOCCOCCC[NH+]=NOC(=O)/C=C\C(=O)O. The van der Waals surface area contributed by atoms with Gasteiger partial charge in [0.15, 0.2) is 11.8 Å². The maximum Gasteiger partial charge on any atom is 0.364 e. The molecule has 0 rings (SSSR count). The first-order valence-corrected chi connectivity index (χ1v) is 9.86. The zero-order valence-electron chi connectivity index (χ0n) is 18.0. The van der Waals surface area contributed by atoms with E-state index in [9.17, 15) is 19.2 Å². The molecule has 0 atom stereocenters. The molecule has 184 valence electrons. The van der Waals surface area contributed by atoms with Gasteiger partial charge in [-0.3, -0.25) is 4.84 Å². The Kier molecular flexibility index (Phi) is 19.4. The summed E-state index contributed by atoms with van der Waals surface area (Å²) in [5.74, 6) is -4.18. The summed E-state index contributed by atoms with van der Waals surface area (Å²) in [5, 5.41) is 22.5. The van der Waals surface area contributed by atoms with E-state index in [0.717, 1.165) is 18.6 Å². The van der Waals surface area contributed by atoms with Crippen molar-refractivity contribution in [1.82, 2.24) is 0 Å². The first-order valence-electron chi connectivity index (χ1n) is 9.86. The monoisotopic (exact) mass is 475 g/mol. The van der Waals surface area contributed by atoms with Crippen molar-refractivity contribution in [2.75, 3.05) is 52.7 Å². The molecule has 0 fully saturated rings. The van der Waals surface area contributed by atoms with Gasteiger partial charge in [0, 0.05) is 37.1 Å². The van der Waals surface area contributed by atoms with Crippen LogP contribution in [0.15, 0.2) is 29.6 Å². The van der Waals surface area contributed by atoms with Gasteiger partial charge in [0.2, 0.25) is 0 Å². The fourth-order valence-corrected chi connectivity index (χ4v) is 1.70. The number of carbonyl (C=O) groups excluding carboxylic acids is 2. The van der Waals surface area contributed by atoms with Crippen LogP contribution in [0.4, 0.5) is 0 Å². The second-order valence-corrected chi connectivity index (χ2v) is 5.81. The largest absolute Gasteiger partial charge is 0.478 e. The van der Waals surface area contributed by atoms with E-state index in [4.69, 9.17) is 24.4 Å². The van der Waals surface area contributed by atoms with Crippen LogP contribution in [0.5, 0.6) is 0 Å². The fourth-order valence-electron chi connectivity index (χ4n) is 1.70. The van der Waals surface area contributed by atoms with Gasteiger partial charge in [-0.05, 0) is 0 Å². The predicted octanol–water partition coefficient (Wildman–Crippen LogP) is -3.26. The summed E-state index contributed by atoms with van der Waals surface area (Å²) < 4.78 is 20.6. The van der Waals surface area contributed by atoms with Crippen molar-refractivity contribution in [3.05, 3.63) is 24.3 Å². The van der Waals surface area contributed by atoms with Gasteiger partial charge in [0.25, 0.3) is 0 Å². The minimum absolute atomic E-state index is 0.404. The molecule has 0 aromatic heterocycles. The summed E-state index contributed by atoms with van der Waals surface area (Å²) in [7, 11) is 0. The summed E-state index contributed by atoms with van der Waals surface area (Å²) in [4.78, 5) is 49.5. The highest BCUT2D eigenvalue weighted by atomic mass is 16.7. The summed E-state index contributed by atoms with van der Waals surface area (Å²) in [5.41, 5.74) is 0. The molecule has 0 aromatic carbocycles. The van der Waals surface area contributed by atoms with Gasteiger partial charge in [-0.15, -0.1) is 5.11 Å². The minimum Gasteiger partial charge on any atom is -0.478 e. The van der Waals surface area contributed by atoms with Crippen LogP contribution in [-0.4, -0.2) is 93.2 Å².